The molecule has 0 atom stereocenters. The van der Waals surface area contributed by atoms with Crippen molar-refractivity contribution < 1.29 is 9.53 Å². The fraction of sp³-hybridized carbons (Fsp3) is 0.333. The molecule has 4 nitrogen and oxygen atoms in total. The van der Waals surface area contributed by atoms with Gasteiger partial charge in [0.15, 0.2) is 11.4 Å². The lowest BCUT2D eigenvalue weighted by Crippen LogP contribution is -2.15. The highest BCUT2D eigenvalue weighted by Crippen LogP contribution is 2.28. The maximum Gasteiger partial charge on any atom is 0.215 e. The van der Waals surface area contributed by atoms with Gasteiger partial charge in [-0.1, -0.05) is 12.1 Å². The molecule has 0 fully saturated rings. The lowest BCUT2D eigenvalue weighted by Gasteiger charge is -2.12. The van der Waals surface area contributed by atoms with Crippen LogP contribution in [0.5, 0.6) is 5.75 Å². The number of methoxy groups -OCH3 is 1. The summed E-state index contributed by atoms with van der Waals surface area (Å²) in [5.74, 6) is 0.456. The molecular weight excluding hydrogens is 272 g/mol. The number of thioether (sulfide) groups is 1. The second-order valence-electron chi connectivity index (χ2n) is 4.63. The summed E-state index contributed by atoms with van der Waals surface area (Å²) in [6.45, 7) is 3.98. The summed E-state index contributed by atoms with van der Waals surface area (Å²) in [5, 5.41) is 4.25. The molecule has 2 aromatic rings. The molecule has 1 aromatic heterocycles. The molecule has 0 saturated carbocycles. The number of nitrogens with zero attached hydrogens (tertiary/aromatic N) is 2. The molecule has 2 rings (SSSR count). The fourth-order valence-electron chi connectivity index (χ4n) is 2.06. The van der Waals surface area contributed by atoms with Gasteiger partial charge in [-0.3, -0.25) is 9.48 Å². The van der Waals surface area contributed by atoms with Crippen molar-refractivity contribution in [2.75, 3.05) is 13.4 Å². The fourth-order valence-corrected chi connectivity index (χ4v) is 2.66. The van der Waals surface area contributed by atoms with E-state index in [-0.39, 0.29) is 11.8 Å². The number of hydrogen-bond acceptors (Lipinski definition) is 4. The largest absolute Gasteiger partial charge is 0.493 e. The van der Waals surface area contributed by atoms with Gasteiger partial charge in [0.25, 0.3) is 0 Å². The van der Waals surface area contributed by atoms with E-state index in [1.165, 1.54) is 0 Å². The summed E-state index contributed by atoms with van der Waals surface area (Å²) in [4.78, 5) is 13.8. The maximum atomic E-state index is 12.8. The summed E-state index contributed by atoms with van der Waals surface area (Å²) < 4.78 is 6.99. The van der Waals surface area contributed by atoms with Gasteiger partial charge in [-0.25, -0.2) is 0 Å². The van der Waals surface area contributed by atoms with Crippen LogP contribution in [-0.2, 0) is 0 Å². The van der Waals surface area contributed by atoms with Gasteiger partial charge in [-0.2, -0.15) is 5.10 Å². The van der Waals surface area contributed by atoms with Gasteiger partial charge >= 0.3 is 0 Å². The van der Waals surface area contributed by atoms with Crippen LogP contribution in [0.3, 0.4) is 0 Å². The summed E-state index contributed by atoms with van der Waals surface area (Å²) in [7, 11) is 1.55. The number of ketones is 1. The van der Waals surface area contributed by atoms with E-state index in [1.54, 1.807) is 29.8 Å². The minimum atomic E-state index is -0.0574. The van der Waals surface area contributed by atoms with Gasteiger partial charge in [0.05, 0.1) is 13.3 Å². The molecule has 1 heterocycles. The monoisotopic (exact) mass is 290 g/mol. The Morgan fingerprint density at radius 2 is 2.05 bits per heavy atom. The van der Waals surface area contributed by atoms with Gasteiger partial charge < -0.3 is 4.74 Å². The van der Waals surface area contributed by atoms with Crippen LogP contribution in [0.2, 0.25) is 0 Å². The van der Waals surface area contributed by atoms with Crippen molar-refractivity contribution >= 4 is 17.5 Å². The minimum absolute atomic E-state index is 0.0574. The Morgan fingerprint density at radius 3 is 2.65 bits per heavy atom. The van der Waals surface area contributed by atoms with Gasteiger partial charge in [0.2, 0.25) is 5.78 Å². The summed E-state index contributed by atoms with van der Waals surface area (Å²) in [5.41, 5.74) is 1.18. The van der Waals surface area contributed by atoms with Gasteiger partial charge in [-0.05, 0) is 32.2 Å². The summed E-state index contributed by atoms with van der Waals surface area (Å²) in [6.07, 6.45) is 3.55. The Labute approximate surface area is 123 Å². The number of benzene rings is 1. The van der Waals surface area contributed by atoms with Crippen LogP contribution in [0, 0.1) is 0 Å². The van der Waals surface area contributed by atoms with E-state index in [0.29, 0.717) is 17.0 Å². The Morgan fingerprint density at radius 1 is 1.35 bits per heavy atom. The highest BCUT2D eigenvalue weighted by Gasteiger charge is 2.23. The average molecular weight is 290 g/mol. The summed E-state index contributed by atoms with van der Waals surface area (Å²) in [6, 6.07) is 7.68. The number of ether oxygens (including phenoxy) is 1. The quantitative estimate of drug-likeness (QED) is 0.625. The third kappa shape index (κ3) is 2.58. The van der Waals surface area contributed by atoms with Gasteiger partial charge in [-0.15, -0.1) is 11.8 Å². The number of aromatic nitrogens is 2. The van der Waals surface area contributed by atoms with Crippen LogP contribution in [0.15, 0.2) is 35.4 Å². The first-order valence-corrected chi connectivity index (χ1v) is 7.61. The molecule has 5 heteroatoms. The molecule has 0 radical (unpaired) electrons. The van der Waals surface area contributed by atoms with Gasteiger partial charge in [0.1, 0.15) is 0 Å². The van der Waals surface area contributed by atoms with Crippen molar-refractivity contribution in [2.24, 2.45) is 0 Å². The molecule has 0 saturated heterocycles. The first-order chi connectivity index (χ1) is 9.60. The number of carbonyl (C=O) groups is 1. The molecule has 20 heavy (non-hydrogen) atoms. The first-order valence-electron chi connectivity index (χ1n) is 6.39. The van der Waals surface area contributed by atoms with E-state index < -0.39 is 0 Å². The highest BCUT2D eigenvalue weighted by molar-refractivity contribution is 7.98. The Balaban J connectivity index is 2.55. The Hall–Kier alpha value is -1.75. The van der Waals surface area contributed by atoms with Crippen molar-refractivity contribution in [3.63, 3.8) is 0 Å². The van der Waals surface area contributed by atoms with E-state index in [9.17, 15) is 4.79 Å². The Kier molecular flexibility index (Phi) is 4.49. The van der Waals surface area contributed by atoms with Crippen LogP contribution >= 0.6 is 11.8 Å². The van der Waals surface area contributed by atoms with Crippen LogP contribution in [0.1, 0.15) is 35.9 Å². The zero-order valence-electron chi connectivity index (χ0n) is 12.1. The summed E-state index contributed by atoms with van der Waals surface area (Å²) >= 11 is 1.56. The normalized spacial score (nSPS) is 10.8. The molecule has 0 unspecified atom stereocenters. The SMILES string of the molecule is COc1cnn(C(C)C)c1C(=O)c1ccccc1SC. The first kappa shape index (κ1) is 14.7. The number of carbonyl (C=O) groups excluding carboxylic acids is 1. The van der Waals surface area contributed by atoms with Crippen molar-refractivity contribution in [1.29, 1.82) is 0 Å². The highest BCUT2D eigenvalue weighted by atomic mass is 32.2. The third-order valence-corrected chi connectivity index (χ3v) is 3.83. The second kappa shape index (κ2) is 6.13. The molecular formula is C15H18N2O2S. The molecule has 0 aliphatic rings. The van der Waals surface area contributed by atoms with Crippen molar-refractivity contribution in [3.8, 4) is 5.75 Å². The number of hydrogen-bond donors (Lipinski definition) is 0. The zero-order chi connectivity index (χ0) is 14.7. The third-order valence-electron chi connectivity index (χ3n) is 3.04. The topological polar surface area (TPSA) is 44.1 Å². The molecule has 0 spiro atoms. The van der Waals surface area contributed by atoms with E-state index in [1.807, 2.05) is 44.4 Å². The van der Waals surface area contributed by atoms with Crippen LogP contribution in [0.4, 0.5) is 0 Å². The van der Waals surface area contributed by atoms with Gasteiger partial charge in [0, 0.05) is 16.5 Å². The van der Waals surface area contributed by atoms with Crippen molar-refractivity contribution in [2.45, 2.75) is 24.8 Å². The van der Waals surface area contributed by atoms with Crippen molar-refractivity contribution in [3.05, 3.63) is 41.7 Å². The lowest BCUT2D eigenvalue weighted by molar-refractivity contribution is 0.102. The molecule has 0 aliphatic carbocycles. The average Bonchev–Trinajstić information content (AvgIpc) is 2.90. The minimum Gasteiger partial charge on any atom is -0.493 e. The zero-order valence-corrected chi connectivity index (χ0v) is 12.9. The smallest absolute Gasteiger partial charge is 0.215 e. The van der Waals surface area contributed by atoms with Crippen molar-refractivity contribution in [1.82, 2.24) is 9.78 Å². The molecule has 106 valence electrons. The maximum absolute atomic E-state index is 12.8. The lowest BCUT2D eigenvalue weighted by atomic mass is 10.1. The standard InChI is InChI=1S/C15H18N2O2S/c1-10(2)17-14(12(19-3)9-16-17)15(18)11-7-5-6-8-13(11)20-4/h5-10H,1-4H3. The molecule has 0 aliphatic heterocycles. The van der Waals surface area contributed by atoms with E-state index in [4.69, 9.17) is 4.74 Å². The van der Waals surface area contributed by atoms with Crippen LogP contribution < -0.4 is 4.74 Å². The van der Waals surface area contributed by atoms with E-state index in [2.05, 4.69) is 5.10 Å². The second-order valence-corrected chi connectivity index (χ2v) is 5.48. The predicted molar refractivity (Wildman–Crippen MR) is 80.8 cm³/mol. The molecule has 0 amide bonds. The van der Waals surface area contributed by atoms with Crippen LogP contribution in [0.25, 0.3) is 0 Å². The van der Waals surface area contributed by atoms with Crippen LogP contribution in [-0.4, -0.2) is 28.9 Å². The van der Waals surface area contributed by atoms with E-state index >= 15 is 0 Å². The number of rotatable bonds is 5. The molecule has 1 aromatic carbocycles. The Bertz CT molecular complexity index is 620. The predicted octanol–water partition coefficient (Wildman–Crippen LogP) is 3.43. The molecule has 0 bridgehead atoms. The molecule has 0 N–H and O–H groups in total. The van der Waals surface area contributed by atoms with E-state index in [0.717, 1.165) is 4.90 Å².